The maximum absolute atomic E-state index is 12.4. The van der Waals surface area contributed by atoms with Crippen LogP contribution in [0.5, 0.6) is 5.75 Å². The highest BCUT2D eigenvalue weighted by atomic mass is 16.5. The minimum absolute atomic E-state index is 0.0448. The van der Waals surface area contributed by atoms with Gasteiger partial charge in [-0.2, -0.15) is 5.26 Å². The van der Waals surface area contributed by atoms with E-state index in [1.165, 1.54) is 12.5 Å². The van der Waals surface area contributed by atoms with Gasteiger partial charge in [0.25, 0.3) is 5.91 Å². The molecule has 2 rings (SSSR count). The van der Waals surface area contributed by atoms with Gasteiger partial charge >= 0.3 is 0 Å². The summed E-state index contributed by atoms with van der Waals surface area (Å²) >= 11 is 0. The van der Waals surface area contributed by atoms with Crippen LogP contribution in [0.25, 0.3) is 0 Å². The van der Waals surface area contributed by atoms with Crippen molar-refractivity contribution in [2.24, 2.45) is 0 Å². The van der Waals surface area contributed by atoms with Gasteiger partial charge in [0.2, 0.25) is 0 Å². The molecule has 5 heteroatoms. The fraction of sp³-hybridized carbons (Fsp3) is 0.364. The molecule has 27 heavy (non-hydrogen) atoms. The zero-order valence-corrected chi connectivity index (χ0v) is 16.5. The Morgan fingerprint density at radius 1 is 1.15 bits per heavy atom. The van der Waals surface area contributed by atoms with Crippen molar-refractivity contribution in [1.29, 1.82) is 5.26 Å². The molecule has 0 radical (unpaired) electrons. The lowest BCUT2D eigenvalue weighted by molar-refractivity contribution is -0.135. The fourth-order valence-corrected chi connectivity index (χ4v) is 2.47. The Morgan fingerprint density at radius 2 is 1.78 bits per heavy atom. The van der Waals surface area contributed by atoms with E-state index < -0.39 is 11.5 Å². The van der Waals surface area contributed by atoms with Gasteiger partial charge < -0.3 is 15.2 Å². The summed E-state index contributed by atoms with van der Waals surface area (Å²) in [7, 11) is 0. The van der Waals surface area contributed by atoms with Crippen LogP contribution >= 0.6 is 0 Å². The standard InChI is InChI=1S/C22H26N2O3/c1-15-12-18(9-6-16(15)13-23)24-20(25)22(5,26)14-27-19-10-7-17(8-11-19)21(2,3)4/h6-12,26H,14H2,1-5H3,(H,24,25). The Hall–Kier alpha value is -2.84. The number of carbonyl (C=O) groups is 1. The van der Waals surface area contributed by atoms with Gasteiger partial charge in [-0.15, -0.1) is 0 Å². The Labute approximate surface area is 160 Å². The maximum atomic E-state index is 12.4. The molecular formula is C22H26N2O3. The number of hydrogen-bond donors (Lipinski definition) is 2. The Morgan fingerprint density at radius 3 is 2.30 bits per heavy atom. The van der Waals surface area contributed by atoms with E-state index in [2.05, 4.69) is 32.2 Å². The molecule has 0 saturated heterocycles. The largest absolute Gasteiger partial charge is 0.490 e. The monoisotopic (exact) mass is 366 g/mol. The zero-order chi connectivity index (χ0) is 20.2. The van der Waals surface area contributed by atoms with E-state index in [1.807, 2.05) is 24.3 Å². The molecule has 2 aromatic rings. The number of aryl methyl sites for hydroxylation is 1. The molecule has 0 spiro atoms. The molecule has 0 aliphatic carbocycles. The van der Waals surface area contributed by atoms with Gasteiger partial charge in [0.1, 0.15) is 12.4 Å². The van der Waals surface area contributed by atoms with Gasteiger partial charge in [0, 0.05) is 5.69 Å². The summed E-state index contributed by atoms with van der Waals surface area (Å²) in [6, 6.07) is 14.6. The molecule has 1 unspecified atom stereocenters. The van der Waals surface area contributed by atoms with Crippen LogP contribution in [0, 0.1) is 18.3 Å². The van der Waals surface area contributed by atoms with Crippen LogP contribution in [0.15, 0.2) is 42.5 Å². The normalized spacial score (nSPS) is 13.4. The van der Waals surface area contributed by atoms with Gasteiger partial charge in [0.05, 0.1) is 11.6 Å². The number of rotatable bonds is 5. The Bertz CT molecular complexity index is 857. The molecule has 0 aromatic heterocycles. The number of benzene rings is 2. The predicted molar refractivity (Wildman–Crippen MR) is 106 cm³/mol. The first-order chi connectivity index (χ1) is 12.5. The van der Waals surface area contributed by atoms with E-state index in [0.717, 1.165) is 5.56 Å². The summed E-state index contributed by atoms with van der Waals surface area (Å²) < 4.78 is 5.60. The van der Waals surface area contributed by atoms with Crippen LogP contribution in [0.2, 0.25) is 0 Å². The van der Waals surface area contributed by atoms with E-state index in [9.17, 15) is 9.90 Å². The lowest BCUT2D eigenvalue weighted by Gasteiger charge is -2.23. The number of ether oxygens (including phenoxy) is 1. The van der Waals surface area contributed by atoms with Crippen molar-refractivity contribution in [3.63, 3.8) is 0 Å². The van der Waals surface area contributed by atoms with Crippen molar-refractivity contribution in [2.45, 2.75) is 45.6 Å². The van der Waals surface area contributed by atoms with Crippen LogP contribution in [0.4, 0.5) is 5.69 Å². The summed E-state index contributed by atoms with van der Waals surface area (Å²) in [4.78, 5) is 12.4. The van der Waals surface area contributed by atoms with E-state index in [0.29, 0.717) is 17.0 Å². The molecule has 0 heterocycles. The number of carbonyl (C=O) groups excluding carboxylic acids is 1. The quantitative estimate of drug-likeness (QED) is 0.840. The second kappa shape index (κ2) is 7.81. The van der Waals surface area contributed by atoms with Gasteiger partial charge in [-0.3, -0.25) is 4.79 Å². The number of aliphatic hydroxyl groups is 1. The van der Waals surface area contributed by atoms with E-state index in [4.69, 9.17) is 10.00 Å². The molecule has 1 amide bonds. The number of nitrogens with zero attached hydrogens (tertiary/aromatic N) is 1. The topological polar surface area (TPSA) is 82.3 Å². The second-order valence-electron chi connectivity index (χ2n) is 7.93. The summed E-state index contributed by atoms with van der Waals surface area (Å²) in [5.41, 5.74) is 1.34. The Kier molecular flexibility index (Phi) is 5.92. The van der Waals surface area contributed by atoms with Crippen LogP contribution in [-0.2, 0) is 10.2 Å². The predicted octanol–water partition coefficient (Wildman–Crippen LogP) is 3.93. The highest BCUT2D eigenvalue weighted by Gasteiger charge is 2.31. The van der Waals surface area contributed by atoms with E-state index in [-0.39, 0.29) is 12.0 Å². The first-order valence-electron chi connectivity index (χ1n) is 8.81. The smallest absolute Gasteiger partial charge is 0.259 e. The zero-order valence-electron chi connectivity index (χ0n) is 16.5. The number of nitrogens with one attached hydrogen (secondary N) is 1. The highest BCUT2D eigenvalue weighted by molar-refractivity contribution is 5.97. The Balaban J connectivity index is 2.00. The first-order valence-corrected chi connectivity index (χ1v) is 8.81. The average molecular weight is 366 g/mol. The molecule has 0 saturated carbocycles. The van der Waals surface area contributed by atoms with Crippen LogP contribution in [0.3, 0.4) is 0 Å². The van der Waals surface area contributed by atoms with E-state index in [1.54, 1.807) is 25.1 Å². The number of anilines is 1. The molecule has 5 nitrogen and oxygen atoms in total. The number of hydrogen-bond acceptors (Lipinski definition) is 4. The third-order valence-corrected chi connectivity index (χ3v) is 4.33. The van der Waals surface area contributed by atoms with Crippen molar-refractivity contribution < 1.29 is 14.6 Å². The van der Waals surface area contributed by atoms with Crippen LogP contribution < -0.4 is 10.1 Å². The van der Waals surface area contributed by atoms with Gasteiger partial charge in [0.15, 0.2) is 5.60 Å². The SMILES string of the molecule is Cc1cc(NC(=O)C(C)(O)COc2ccc(C(C)(C)C)cc2)ccc1C#N. The molecule has 0 aliphatic rings. The molecule has 0 fully saturated rings. The van der Waals surface area contributed by atoms with Crippen molar-refractivity contribution in [1.82, 2.24) is 0 Å². The number of amides is 1. The molecule has 0 aliphatic heterocycles. The lowest BCUT2D eigenvalue weighted by atomic mass is 9.87. The lowest BCUT2D eigenvalue weighted by Crippen LogP contribution is -2.45. The molecular weight excluding hydrogens is 340 g/mol. The highest BCUT2D eigenvalue weighted by Crippen LogP contribution is 2.25. The first kappa shape index (κ1) is 20.5. The van der Waals surface area contributed by atoms with Crippen molar-refractivity contribution in [2.75, 3.05) is 11.9 Å². The van der Waals surface area contributed by atoms with Crippen molar-refractivity contribution >= 4 is 11.6 Å². The summed E-state index contributed by atoms with van der Waals surface area (Å²) in [6.07, 6.45) is 0. The van der Waals surface area contributed by atoms with E-state index >= 15 is 0 Å². The minimum atomic E-state index is -1.70. The third-order valence-electron chi connectivity index (χ3n) is 4.33. The summed E-state index contributed by atoms with van der Waals surface area (Å²) in [5, 5.41) is 22.1. The summed E-state index contributed by atoms with van der Waals surface area (Å²) in [6.45, 7) is 9.40. The van der Waals surface area contributed by atoms with Crippen molar-refractivity contribution in [3.8, 4) is 11.8 Å². The van der Waals surface area contributed by atoms with Crippen molar-refractivity contribution in [3.05, 3.63) is 59.2 Å². The molecule has 1 atom stereocenters. The molecule has 2 aromatic carbocycles. The summed E-state index contributed by atoms with van der Waals surface area (Å²) in [5.74, 6) is 0.0169. The molecule has 142 valence electrons. The minimum Gasteiger partial charge on any atom is -0.490 e. The third kappa shape index (κ3) is 5.32. The van der Waals surface area contributed by atoms with Gasteiger partial charge in [-0.25, -0.2) is 0 Å². The fourth-order valence-electron chi connectivity index (χ4n) is 2.47. The molecule has 2 N–H and O–H groups in total. The van der Waals surface area contributed by atoms with Crippen LogP contribution in [-0.4, -0.2) is 23.2 Å². The average Bonchev–Trinajstić information content (AvgIpc) is 2.60. The molecule has 0 bridgehead atoms. The number of nitriles is 1. The van der Waals surface area contributed by atoms with Crippen LogP contribution in [0.1, 0.15) is 44.4 Å². The second-order valence-corrected chi connectivity index (χ2v) is 7.93. The van der Waals surface area contributed by atoms with Gasteiger partial charge in [-0.1, -0.05) is 32.9 Å². The maximum Gasteiger partial charge on any atom is 0.259 e. The van der Waals surface area contributed by atoms with Gasteiger partial charge in [-0.05, 0) is 60.7 Å².